The third kappa shape index (κ3) is 3.06. The number of amides is 1. The van der Waals surface area contributed by atoms with Gasteiger partial charge in [0.1, 0.15) is 0 Å². The molecule has 1 N–H and O–H groups in total. The summed E-state index contributed by atoms with van der Waals surface area (Å²) in [5.41, 5.74) is 2.45. The molecule has 2 aromatic rings. The van der Waals surface area contributed by atoms with E-state index in [1.165, 1.54) is 11.4 Å². The number of aryl methyl sites for hydroxylation is 1. The van der Waals surface area contributed by atoms with E-state index >= 15 is 0 Å². The number of rotatable bonds is 3. The summed E-state index contributed by atoms with van der Waals surface area (Å²) in [6, 6.07) is 0. The van der Waals surface area contributed by atoms with Crippen molar-refractivity contribution in [2.45, 2.75) is 69.9 Å². The van der Waals surface area contributed by atoms with Crippen LogP contribution in [-0.2, 0) is 23.3 Å². The SMILES string of the molecule is CCCN1CCc2[nH]cnc2C12CCN(C(=O)[C@@H]1CCCCn3nnnc31)CC2. The summed E-state index contributed by atoms with van der Waals surface area (Å²) in [5.74, 6) is 0.728. The summed E-state index contributed by atoms with van der Waals surface area (Å²) in [6.45, 7) is 6.73. The maximum atomic E-state index is 13.4. The molecule has 2 aromatic heterocycles. The lowest BCUT2D eigenvalue weighted by Crippen LogP contribution is -2.57. The molecule has 0 bridgehead atoms. The molecule has 1 amide bonds. The minimum absolute atomic E-state index is 0.0363. The molecule has 0 radical (unpaired) electrons. The Morgan fingerprint density at radius 2 is 2.10 bits per heavy atom. The third-order valence-electron chi connectivity index (χ3n) is 7.07. The summed E-state index contributed by atoms with van der Waals surface area (Å²) in [6.07, 6.45) is 8.78. The molecule has 0 saturated carbocycles. The standard InChI is InChI=1S/C20H30N8O/c1-2-9-27-11-6-16-17(22-14-21-16)20(27)7-12-26(13-8-20)19(29)15-5-3-4-10-28-18(15)23-24-25-28/h14-15H,2-13H2,1H3,(H,21,22)/t15-/m1/s1. The average molecular weight is 399 g/mol. The van der Waals surface area contributed by atoms with Crippen LogP contribution in [0.15, 0.2) is 6.33 Å². The van der Waals surface area contributed by atoms with Gasteiger partial charge in [-0.3, -0.25) is 9.69 Å². The van der Waals surface area contributed by atoms with Crippen molar-refractivity contribution in [1.82, 2.24) is 40.0 Å². The molecule has 9 heteroatoms. The lowest BCUT2D eigenvalue weighted by atomic mass is 9.78. The highest BCUT2D eigenvalue weighted by Crippen LogP contribution is 2.42. The van der Waals surface area contributed by atoms with Gasteiger partial charge in [0, 0.05) is 38.3 Å². The summed E-state index contributed by atoms with van der Waals surface area (Å²) in [4.78, 5) is 26.2. The Balaban J connectivity index is 1.36. The molecular formula is C20H30N8O. The number of aromatic nitrogens is 6. The van der Waals surface area contributed by atoms with Gasteiger partial charge in [-0.25, -0.2) is 9.67 Å². The van der Waals surface area contributed by atoms with Gasteiger partial charge in [-0.2, -0.15) is 0 Å². The van der Waals surface area contributed by atoms with Gasteiger partial charge >= 0.3 is 0 Å². The van der Waals surface area contributed by atoms with Crippen molar-refractivity contribution >= 4 is 5.91 Å². The first-order valence-electron chi connectivity index (χ1n) is 11.1. The molecule has 0 unspecified atom stereocenters. The van der Waals surface area contributed by atoms with Gasteiger partial charge < -0.3 is 9.88 Å². The van der Waals surface area contributed by atoms with Gasteiger partial charge in [0.05, 0.1) is 23.5 Å². The molecule has 5 rings (SSSR count). The molecule has 1 saturated heterocycles. The van der Waals surface area contributed by atoms with E-state index < -0.39 is 0 Å². The second-order valence-electron chi connectivity index (χ2n) is 8.63. The van der Waals surface area contributed by atoms with Crippen LogP contribution in [0.25, 0.3) is 0 Å². The van der Waals surface area contributed by atoms with Crippen molar-refractivity contribution in [3.05, 3.63) is 23.5 Å². The minimum atomic E-state index is -0.208. The fourth-order valence-electron chi connectivity index (χ4n) is 5.58. The Kier molecular flexibility index (Phi) is 4.85. The van der Waals surface area contributed by atoms with Crippen LogP contribution in [0.2, 0.25) is 0 Å². The fraction of sp³-hybridized carbons (Fsp3) is 0.750. The summed E-state index contributed by atoms with van der Waals surface area (Å²) < 4.78 is 1.82. The monoisotopic (exact) mass is 398 g/mol. The largest absolute Gasteiger partial charge is 0.348 e. The first-order valence-corrected chi connectivity index (χ1v) is 11.1. The smallest absolute Gasteiger partial charge is 0.233 e. The first-order chi connectivity index (χ1) is 14.2. The average Bonchev–Trinajstić information content (AvgIpc) is 3.37. The van der Waals surface area contributed by atoms with Crippen molar-refractivity contribution in [3.8, 4) is 0 Å². The number of nitrogens with one attached hydrogen (secondary N) is 1. The normalized spacial score (nSPS) is 24.2. The van der Waals surface area contributed by atoms with Crippen LogP contribution >= 0.6 is 0 Å². The molecule has 1 spiro atoms. The zero-order valence-electron chi connectivity index (χ0n) is 17.2. The van der Waals surface area contributed by atoms with Crippen molar-refractivity contribution in [1.29, 1.82) is 0 Å². The lowest BCUT2D eigenvalue weighted by Gasteiger charge is -2.50. The molecule has 29 heavy (non-hydrogen) atoms. The number of nitrogens with zero attached hydrogens (tertiary/aromatic N) is 7. The van der Waals surface area contributed by atoms with Crippen LogP contribution in [0, 0.1) is 0 Å². The van der Waals surface area contributed by atoms with E-state index in [1.807, 2.05) is 15.9 Å². The van der Waals surface area contributed by atoms with Crippen LogP contribution in [0.3, 0.4) is 0 Å². The number of likely N-dealkylation sites (tertiary alicyclic amines) is 1. The van der Waals surface area contributed by atoms with E-state index in [4.69, 9.17) is 4.98 Å². The Morgan fingerprint density at radius 3 is 2.93 bits per heavy atom. The molecule has 5 heterocycles. The van der Waals surface area contributed by atoms with E-state index in [-0.39, 0.29) is 17.4 Å². The predicted molar refractivity (Wildman–Crippen MR) is 106 cm³/mol. The van der Waals surface area contributed by atoms with Gasteiger partial charge in [0.15, 0.2) is 5.82 Å². The van der Waals surface area contributed by atoms with E-state index in [0.29, 0.717) is 0 Å². The van der Waals surface area contributed by atoms with Crippen LogP contribution in [0.5, 0.6) is 0 Å². The maximum Gasteiger partial charge on any atom is 0.233 e. The number of aromatic amines is 1. The van der Waals surface area contributed by atoms with Crippen LogP contribution < -0.4 is 0 Å². The Labute approximate surface area is 170 Å². The molecule has 0 aliphatic carbocycles. The van der Waals surface area contributed by atoms with Gasteiger partial charge in [-0.05, 0) is 49.1 Å². The molecule has 0 aromatic carbocycles. The van der Waals surface area contributed by atoms with E-state index in [9.17, 15) is 4.79 Å². The number of tetrazole rings is 1. The molecule has 1 fully saturated rings. The molecule has 3 aliphatic rings. The number of fused-ring (bicyclic) bond motifs is 3. The lowest BCUT2D eigenvalue weighted by molar-refractivity contribution is -0.136. The Hall–Kier alpha value is -2.29. The number of carbonyl (C=O) groups excluding carboxylic acids is 1. The van der Waals surface area contributed by atoms with E-state index in [0.717, 1.165) is 83.5 Å². The van der Waals surface area contributed by atoms with Crippen molar-refractivity contribution in [2.75, 3.05) is 26.2 Å². The van der Waals surface area contributed by atoms with Crippen LogP contribution in [0.4, 0.5) is 0 Å². The number of piperidine rings is 1. The quantitative estimate of drug-likeness (QED) is 0.841. The molecule has 156 valence electrons. The Bertz CT molecular complexity index is 865. The zero-order valence-corrected chi connectivity index (χ0v) is 17.2. The summed E-state index contributed by atoms with van der Waals surface area (Å²) in [7, 11) is 0. The highest BCUT2D eigenvalue weighted by molar-refractivity contribution is 5.83. The molecular weight excluding hydrogens is 368 g/mol. The van der Waals surface area contributed by atoms with Gasteiger partial charge in [-0.15, -0.1) is 5.10 Å². The fourth-order valence-corrected chi connectivity index (χ4v) is 5.58. The first kappa shape index (κ1) is 18.7. The number of H-pyrrole nitrogens is 1. The minimum Gasteiger partial charge on any atom is -0.348 e. The molecule has 9 nitrogen and oxygen atoms in total. The number of hydrogen-bond donors (Lipinski definition) is 1. The van der Waals surface area contributed by atoms with Crippen molar-refractivity contribution in [3.63, 3.8) is 0 Å². The predicted octanol–water partition coefficient (Wildman–Crippen LogP) is 1.45. The van der Waals surface area contributed by atoms with Crippen LogP contribution in [-0.4, -0.2) is 72.1 Å². The second-order valence-corrected chi connectivity index (χ2v) is 8.63. The molecule has 3 aliphatic heterocycles. The van der Waals surface area contributed by atoms with Gasteiger partial charge in [-0.1, -0.05) is 13.3 Å². The van der Waals surface area contributed by atoms with Crippen molar-refractivity contribution < 1.29 is 4.79 Å². The maximum absolute atomic E-state index is 13.4. The molecule has 1 atom stereocenters. The summed E-state index contributed by atoms with van der Waals surface area (Å²) >= 11 is 0. The third-order valence-corrected chi connectivity index (χ3v) is 7.07. The number of carbonyl (C=O) groups is 1. The number of hydrogen-bond acceptors (Lipinski definition) is 6. The van der Waals surface area contributed by atoms with E-state index in [2.05, 4.69) is 32.3 Å². The highest BCUT2D eigenvalue weighted by Gasteiger charge is 2.47. The Morgan fingerprint density at radius 1 is 1.24 bits per heavy atom. The van der Waals surface area contributed by atoms with E-state index in [1.54, 1.807) is 0 Å². The van der Waals surface area contributed by atoms with Gasteiger partial charge in [0.25, 0.3) is 0 Å². The highest BCUT2D eigenvalue weighted by atomic mass is 16.2. The van der Waals surface area contributed by atoms with Gasteiger partial charge in [0.2, 0.25) is 5.91 Å². The topological polar surface area (TPSA) is 95.8 Å². The van der Waals surface area contributed by atoms with Crippen molar-refractivity contribution in [2.24, 2.45) is 0 Å². The zero-order chi connectivity index (χ0) is 19.8. The summed E-state index contributed by atoms with van der Waals surface area (Å²) in [5, 5.41) is 12.1. The second kappa shape index (κ2) is 7.51. The number of imidazole rings is 1. The van der Waals surface area contributed by atoms with Crippen LogP contribution in [0.1, 0.15) is 68.6 Å².